The first-order valence-electron chi connectivity index (χ1n) is 6.89. The van der Waals surface area contributed by atoms with Crippen LogP contribution in [-0.4, -0.2) is 55.0 Å². The van der Waals surface area contributed by atoms with Crippen LogP contribution in [0.5, 0.6) is 0 Å². The minimum absolute atomic E-state index is 0. The van der Waals surface area contributed by atoms with Gasteiger partial charge in [0.2, 0.25) is 5.91 Å². The van der Waals surface area contributed by atoms with Crippen LogP contribution in [0.3, 0.4) is 0 Å². The Kier molecular flexibility index (Phi) is 6.99. The third-order valence-electron chi connectivity index (χ3n) is 3.67. The van der Waals surface area contributed by atoms with E-state index in [0.29, 0.717) is 19.1 Å². The second-order valence-electron chi connectivity index (χ2n) is 5.26. The molecule has 112 valence electrons. The van der Waals surface area contributed by atoms with E-state index in [1.807, 2.05) is 30.1 Å². The quantitative estimate of drug-likeness (QED) is 0.911. The zero-order valence-corrected chi connectivity index (χ0v) is 13.0. The number of carbonyl (C=O) groups excluding carboxylic acids is 1. The molecule has 1 aliphatic heterocycles. The standard InChI is InChI=1S/C15H23N3O.ClH/c1-13-10-16-8-9-18(13)12-15(19)17(2)11-14-6-4-3-5-7-14;/h3-7,13,16H,8-12H2,1-2H3;1H/t13-;/m0./s1. The maximum Gasteiger partial charge on any atom is 0.236 e. The molecule has 4 nitrogen and oxygen atoms in total. The molecule has 1 heterocycles. The summed E-state index contributed by atoms with van der Waals surface area (Å²) in [6, 6.07) is 10.5. The number of benzene rings is 1. The molecule has 0 spiro atoms. The van der Waals surface area contributed by atoms with E-state index in [-0.39, 0.29) is 18.3 Å². The Balaban J connectivity index is 0.00000200. The summed E-state index contributed by atoms with van der Waals surface area (Å²) in [5, 5.41) is 3.34. The van der Waals surface area contributed by atoms with Gasteiger partial charge in [-0.3, -0.25) is 9.69 Å². The molecule has 2 rings (SSSR count). The van der Waals surface area contributed by atoms with Crippen LogP contribution in [0.2, 0.25) is 0 Å². The first-order valence-corrected chi connectivity index (χ1v) is 6.89. The zero-order chi connectivity index (χ0) is 13.7. The third-order valence-corrected chi connectivity index (χ3v) is 3.67. The van der Waals surface area contributed by atoms with Gasteiger partial charge in [0.15, 0.2) is 0 Å². The van der Waals surface area contributed by atoms with Gasteiger partial charge in [-0.25, -0.2) is 0 Å². The summed E-state index contributed by atoms with van der Waals surface area (Å²) in [6.45, 7) is 6.25. The molecule has 0 radical (unpaired) electrons. The van der Waals surface area contributed by atoms with E-state index in [4.69, 9.17) is 0 Å². The first-order chi connectivity index (χ1) is 9.16. The Labute approximate surface area is 127 Å². The lowest BCUT2D eigenvalue weighted by Gasteiger charge is -2.34. The molecule has 1 aromatic rings. The fraction of sp³-hybridized carbons (Fsp3) is 0.533. The van der Waals surface area contributed by atoms with Crippen molar-refractivity contribution in [2.45, 2.75) is 19.5 Å². The van der Waals surface area contributed by atoms with Crippen molar-refractivity contribution in [1.82, 2.24) is 15.1 Å². The number of halogens is 1. The summed E-state index contributed by atoms with van der Waals surface area (Å²) in [6.07, 6.45) is 0. The predicted molar refractivity (Wildman–Crippen MR) is 84.1 cm³/mol. The fourth-order valence-electron chi connectivity index (χ4n) is 2.36. The maximum atomic E-state index is 12.2. The van der Waals surface area contributed by atoms with Crippen LogP contribution in [0.25, 0.3) is 0 Å². The molecule has 0 aromatic heterocycles. The molecule has 1 aromatic carbocycles. The summed E-state index contributed by atoms with van der Waals surface area (Å²) in [7, 11) is 1.88. The van der Waals surface area contributed by atoms with E-state index in [2.05, 4.69) is 29.3 Å². The Bertz CT molecular complexity index is 413. The zero-order valence-electron chi connectivity index (χ0n) is 12.2. The van der Waals surface area contributed by atoms with Crippen LogP contribution in [-0.2, 0) is 11.3 Å². The molecule has 0 aliphatic carbocycles. The van der Waals surface area contributed by atoms with Gasteiger partial charge in [0.1, 0.15) is 0 Å². The Morgan fingerprint density at radius 3 is 2.75 bits per heavy atom. The lowest BCUT2D eigenvalue weighted by molar-refractivity contribution is -0.132. The summed E-state index contributed by atoms with van der Waals surface area (Å²) in [4.78, 5) is 16.3. The lowest BCUT2D eigenvalue weighted by Crippen LogP contribution is -2.52. The number of likely N-dealkylation sites (N-methyl/N-ethyl adjacent to an activating group) is 1. The average molecular weight is 298 g/mol. The Hall–Kier alpha value is -1.10. The summed E-state index contributed by atoms with van der Waals surface area (Å²) >= 11 is 0. The van der Waals surface area contributed by atoms with E-state index in [9.17, 15) is 4.79 Å². The van der Waals surface area contributed by atoms with Crippen LogP contribution in [0.15, 0.2) is 30.3 Å². The van der Waals surface area contributed by atoms with Crippen molar-refractivity contribution in [2.24, 2.45) is 0 Å². The molecule has 1 aliphatic rings. The number of carbonyl (C=O) groups is 1. The Morgan fingerprint density at radius 2 is 2.10 bits per heavy atom. The molecule has 0 unspecified atom stereocenters. The topological polar surface area (TPSA) is 35.6 Å². The van der Waals surface area contributed by atoms with E-state index in [1.165, 1.54) is 5.56 Å². The van der Waals surface area contributed by atoms with Crippen molar-refractivity contribution in [3.05, 3.63) is 35.9 Å². The number of hydrogen-bond donors (Lipinski definition) is 1. The normalized spacial score (nSPS) is 19.2. The largest absolute Gasteiger partial charge is 0.340 e. The SMILES string of the molecule is C[C@H]1CNCCN1CC(=O)N(C)Cc1ccccc1.Cl. The molecule has 1 saturated heterocycles. The van der Waals surface area contributed by atoms with Crippen molar-refractivity contribution in [3.63, 3.8) is 0 Å². The number of amides is 1. The van der Waals surface area contributed by atoms with Gasteiger partial charge in [0.25, 0.3) is 0 Å². The maximum absolute atomic E-state index is 12.2. The smallest absolute Gasteiger partial charge is 0.236 e. The number of rotatable bonds is 4. The van der Waals surface area contributed by atoms with E-state index in [0.717, 1.165) is 19.6 Å². The molecule has 1 fully saturated rings. The average Bonchev–Trinajstić information content (AvgIpc) is 2.42. The molecule has 5 heteroatoms. The summed E-state index contributed by atoms with van der Waals surface area (Å²) < 4.78 is 0. The van der Waals surface area contributed by atoms with Gasteiger partial charge in [0.05, 0.1) is 6.54 Å². The molecule has 1 N–H and O–H groups in total. The van der Waals surface area contributed by atoms with Crippen LogP contribution in [0.4, 0.5) is 0 Å². The van der Waals surface area contributed by atoms with Crippen LogP contribution in [0.1, 0.15) is 12.5 Å². The van der Waals surface area contributed by atoms with Gasteiger partial charge in [0, 0.05) is 39.3 Å². The van der Waals surface area contributed by atoms with E-state index < -0.39 is 0 Å². The molecular weight excluding hydrogens is 274 g/mol. The van der Waals surface area contributed by atoms with Gasteiger partial charge < -0.3 is 10.2 Å². The minimum Gasteiger partial charge on any atom is -0.340 e. The van der Waals surface area contributed by atoms with Crippen LogP contribution in [0, 0.1) is 0 Å². The van der Waals surface area contributed by atoms with E-state index in [1.54, 1.807) is 0 Å². The lowest BCUT2D eigenvalue weighted by atomic mass is 10.2. The van der Waals surface area contributed by atoms with Gasteiger partial charge >= 0.3 is 0 Å². The first kappa shape index (κ1) is 17.0. The highest BCUT2D eigenvalue weighted by atomic mass is 35.5. The van der Waals surface area contributed by atoms with Crippen molar-refractivity contribution in [2.75, 3.05) is 33.2 Å². The summed E-state index contributed by atoms with van der Waals surface area (Å²) in [5.41, 5.74) is 1.17. The molecule has 0 saturated carbocycles. The molecule has 1 amide bonds. The molecule has 20 heavy (non-hydrogen) atoms. The highest BCUT2D eigenvalue weighted by molar-refractivity contribution is 5.85. The predicted octanol–water partition coefficient (Wildman–Crippen LogP) is 1.36. The van der Waals surface area contributed by atoms with E-state index >= 15 is 0 Å². The van der Waals surface area contributed by atoms with Gasteiger partial charge in [-0.15, -0.1) is 12.4 Å². The number of piperazine rings is 1. The number of nitrogens with one attached hydrogen (secondary N) is 1. The van der Waals surface area contributed by atoms with Crippen molar-refractivity contribution in [3.8, 4) is 0 Å². The second-order valence-corrected chi connectivity index (χ2v) is 5.26. The van der Waals surface area contributed by atoms with Crippen LogP contribution >= 0.6 is 12.4 Å². The van der Waals surface area contributed by atoms with Crippen molar-refractivity contribution >= 4 is 18.3 Å². The highest BCUT2D eigenvalue weighted by Gasteiger charge is 2.21. The van der Waals surface area contributed by atoms with Crippen molar-refractivity contribution < 1.29 is 4.79 Å². The van der Waals surface area contributed by atoms with Crippen molar-refractivity contribution in [1.29, 1.82) is 0 Å². The Morgan fingerprint density at radius 1 is 1.40 bits per heavy atom. The van der Waals surface area contributed by atoms with Crippen LogP contribution < -0.4 is 5.32 Å². The number of hydrogen-bond acceptors (Lipinski definition) is 3. The second kappa shape index (κ2) is 8.25. The third kappa shape index (κ3) is 4.78. The molecule has 1 atom stereocenters. The minimum atomic E-state index is 0. The molecular formula is C15H24ClN3O. The monoisotopic (exact) mass is 297 g/mol. The molecule has 0 bridgehead atoms. The summed E-state index contributed by atoms with van der Waals surface area (Å²) in [5.74, 6) is 0.192. The fourth-order valence-corrected chi connectivity index (χ4v) is 2.36. The highest BCUT2D eigenvalue weighted by Crippen LogP contribution is 2.06. The van der Waals surface area contributed by atoms with Gasteiger partial charge in [-0.05, 0) is 12.5 Å². The number of nitrogens with zero attached hydrogens (tertiary/aromatic N) is 2. The van der Waals surface area contributed by atoms with Gasteiger partial charge in [-0.1, -0.05) is 30.3 Å². The van der Waals surface area contributed by atoms with Gasteiger partial charge in [-0.2, -0.15) is 0 Å².